The average molecular weight is 570 g/mol. The first-order valence-electron chi connectivity index (χ1n) is 14.6. The van der Waals surface area contributed by atoms with E-state index >= 15 is 0 Å². The topological polar surface area (TPSA) is 38.7 Å². The van der Waals surface area contributed by atoms with Gasteiger partial charge in [-0.25, -0.2) is 15.0 Å². The summed E-state index contributed by atoms with van der Waals surface area (Å²) in [7, 11) is 0. The van der Waals surface area contributed by atoms with Gasteiger partial charge in [0.25, 0.3) is 0 Å². The fourth-order valence-electron chi connectivity index (χ4n) is 5.84. The molecule has 0 spiro atoms. The van der Waals surface area contributed by atoms with Gasteiger partial charge >= 0.3 is 0 Å². The van der Waals surface area contributed by atoms with Crippen molar-refractivity contribution in [1.82, 2.24) is 15.0 Å². The molecule has 0 fully saturated rings. The molecule has 0 unspecified atom stereocenters. The Kier molecular flexibility index (Phi) is 6.47. The van der Waals surface area contributed by atoms with E-state index in [1.54, 1.807) is 0 Å². The van der Waals surface area contributed by atoms with Crippen molar-refractivity contribution in [2.75, 3.05) is 0 Å². The normalized spacial score (nSPS) is 12.4. The SMILES string of the molecule is C1=Cc2c(sc3c(-c4nc(-c5cccc(-c6ccccc6)c5)nc(-c5cccc(-c6ccccc6)c5)n4)cccc23)CC1. The molecular formula is C39H27N3S. The highest BCUT2D eigenvalue weighted by Crippen LogP contribution is 2.41. The zero-order chi connectivity index (χ0) is 28.6. The van der Waals surface area contributed by atoms with Crippen LogP contribution in [0.3, 0.4) is 0 Å². The van der Waals surface area contributed by atoms with Crippen LogP contribution in [0.1, 0.15) is 16.9 Å². The lowest BCUT2D eigenvalue weighted by molar-refractivity contribution is 1.02. The van der Waals surface area contributed by atoms with E-state index in [0.29, 0.717) is 17.5 Å². The second kappa shape index (κ2) is 10.9. The van der Waals surface area contributed by atoms with Crippen LogP contribution < -0.4 is 0 Å². The maximum Gasteiger partial charge on any atom is 0.165 e. The van der Waals surface area contributed by atoms with Crippen molar-refractivity contribution in [2.24, 2.45) is 0 Å². The third-order valence-electron chi connectivity index (χ3n) is 7.99. The summed E-state index contributed by atoms with van der Waals surface area (Å²) in [6.45, 7) is 0. The molecule has 0 saturated heterocycles. The summed E-state index contributed by atoms with van der Waals surface area (Å²) in [5, 5.41) is 1.27. The highest BCUT2D eigenvalue weighted by Gasteiger charge is 2.19. The highest BCUT2D eigenvalue weighted by molar-refractivity contribution is 7.20. The summed E-state index contributed by atoms with van der Waals surface area (Å²) in [6.07, 6.45) is 6.72. The number of aryl methyl sites for hydroxylation is 1. The number of benzene rings is 5. The van der Waals surface area contributed by atoms with E-state index in [-0.39, 0.29) is 0 Å². The minimum Gasteiger partial charge on any atom is -0.208 e. The minimum absolute atomic E-state index is 0.668. The third-order valence-corrected chi connectivity index (χ3v) is 9.30. The number of nitrogens with zero attached hydrogens (tertiary/aromatic N) is 3. The molecule has 7 aromatic rings. The molecule has 5 aromatic carbocycles. The van der Waals surface area contributed by atoms with E-state index in [9.17, 15) is 0 Å². The summed E-state index contributed by atoms with van der Waals surface area (Å²) in [4.78, 5) is 16.8. The number of rotatable bonds is 5. The summed E-state index contributed by atoms with van der Waals surface area (Å²) in [6, 6.07) is 44.3. The van der Waals surface area contributed by atoms with Gasteiger partial charge in [0.1, 0.15) is 0 Å². The first-order chi connectivity index (χ1) is 21.3. The van der Waals surface area contributed by atoms with Gasteiger partial charge in [-0.3, -0.25) is 0 Å². The van der Waals surface area contributed by atoms with Gasteiger partial charge in [-0.2, -0.15) is 0 Å². The Hall–Kier alpha value is -5.19. The average Bonchev–Trinajstić information content (AvgIpc) is 3.48. The van der Waals surface area contributed by atoms with Gasteiger partial charge in [-0.15, -0.1) is 11.3 Å². The van der Waals surface area contributed by atoms with Gasteiger partial charge in [0, 0.05) is 31.7 Å². The van der Waals surface area contributed by atoms with E-state index in [0.717, 1.165) is 51.8 Å². The van der Waals surface area contributed by atoms with Gasteiger partial charge in [0.2, 0.25) is 0 Å². The maximum absolute atomic E-state index is 5.14. The van der Waals surface area contributed by atoms with Crippen molar-refractivity contribution in [3.63, 3.8) is 0 Å². The molecule has 8 rings (SSSR count). The van der Waals surface area contributed by atoms with E-state index in [2.05, 4.69) is 127 Å². The number of allylic oxidation sites excluding steroid dienone is 1. The van der Waals surface area contributed by atoms with Crippen molar-refractivity contribution >= 4 is 27.5 Å². The quantitative estimate of drug-likeness (QED) is 0.207. The molecule has 0 bridgehead atoms. The zero-order valence-corrected chi connectivity index (χ0v) is 24.3. The Morgan fingerprint density at radius 1 is 0.488 bits per heavy atom. The second-order valence-electron chi connectivity index (χ2n) is 10.8. The van der Waals surface area contributed by atoms with Crippen LogP contribution in [0.15, 0.2) is 133 Å². The van der Waals surface area contributed by atoms with E-state index in [1.807, 2.05) is 23.5 Å². The monoisotopic (exact) mass is 569 g/mol. The van der Waals surface area contributed by atoms with Gasteiger partial charge in [-0.05, 0) is 58.9 Å². The lowest BCUT2D eigenvalue weighted by atomic mass is 10.0. The van der Waals surface area contributed by atoms with Crippen LogP contribution in [-0.4, -0.2) is 15.0 Å². The number of hydrogen-bond donors (Lipinski definition) is 0. The standard InChI is InChI=1S/C39H27N3S/c1-3-12-26(13-4-1)28-16-9-18-30(24-28)37-40-38(31-19-10-17-29(25-31)27-14-5-2-6-15-27)42-39(41-37)34-22-11-21-33-32-20-7-8-23-35(32)43-36(33)34/h1-7,9-22,24-25H,8,23H2. The minimum atomic E-state index is 0.668. The van der Waals surface area contributed by atoms with Crippen molar-refractivity contribution in [1.29, 1.82) is 0 Å². The fraction of sp³-hybridized carbons (Fsp3) is 0.0513. The number of hydrogen-bond acceptors (Lipinski definition) is 4. The van der Waals surface area contributed by atoms with Crippen molar-refractivity contribution < 1.29 is 0 Å². The van der Waals surface area contributed by atoms with Crippen LogP contribution in [0.4, 0.5) is 0 Å². The summed E-state index contributed by atoms with van der Waals surface area (Å²) < 4.78 is 1.23. The maximum atomic E-state index is 5.14. The Labute approximate surface area is 254 Å². The first kappa shape index (κ1) is 25.5. The summed E-state index contributed by atoms with van der Waals surface area (Å²) in [5.74, 6) is 2.03. The predicted molar refractivity (Wildman–Crippen MR) is 180 cm³/mol. The van der Waals surface area contributed by atoms with Crippen LogP contribution in [0, 0.1) is 0 Å². The summed E-state index contributed by atoms with van der Waals surface area (Å²) in [5.41, 5.74) is 8.91. The molecule has 0 saturated carbocycles. The molecule has 0 amide bonds. The van der Waals surface area contributed by atoms with E-state index in [1.165, 1.54) is 20.5 Å². The molecular weight excluding hydrogens is 543 g/mol. The Morgan fingerprint density at radius 2 is 1.02 bits per heavy atom. The molecule has 0 radical (unpaired) electrons. The van der Waals surface area contributed by atoms with Crippen LogP contribution in [0.5, 0.6) is 0 Å². The largest absolute Gasteiger partial charge is 0.208 e. The molecule has 3 nitrogen and oxygen atoms in total. The molecule has 2 aromatic heterocycles. The van der Waals surface area contributed by atoms with Crippen LogP contribution in [0.2, 0.25) is 0 Å². The fourth-order valence-corrected chi connectivity index (χ4v) is 7.15. The van der Waals surface area contributed by atoms with E-state index < -0.39 is 0 Å². The molecule has 43 heavy (non-hydrogen) atoms. The number of fused-ring (bicyclic) bond motifs is 3. The third kappa shape index (κ3) is 4.86. The van der Waals surface area contributed by atoms with Gasteiger partial charge in [-0.1, -0.05) is 121 Å². The van der Waals surface area contributed by atoms with Crippen molar-refractivity contribution in [2.45, 2.75) is 12.8 Å². The second-order valence-corrected chi connectivity index (χ2v) is 11.9. The Morgan fingerprint density at radius 3 is 1.65 bits per heavy atom. The first-order valence-corrected chi connectivity index (χ1v) is 15.4. The molecule has 0 atom stereocenters. The van der Waals surface area contributed by atoms with Crippen molar-refractivity contribution in [3.05, 3.63) is 144 Å². The van der Waals surface area contributed by atoms with Crippen molar-refractivity contribution in [3.8, 4) is 56.4 Å². The zero-order valence-electron chi connectivity index (χ0n) is 23.4. The van der Waals surface area contributed by atoms with Crippen LogP contribution in [0.25, 0.3) is 72.6 Å². The molecule has 204 valence electrons. The smallest absolute Gasteiger partial charge is 0.165 e. The molecule has 1 aliphatic rings. The summed E-state index contributed by atoms with van der Waals surface area (Å²) >= 11 is 1.87. The van der Waals surface area contributed by atoms with E-state index in [4.69, 9.17) is 15.0 Å². The Balaban J connectivity index is 1.33. The molecule has 0 aliphatic heterocycles. The molecule has 1 aliphatic carbocycles. The predicted octanol–water partition coefficient (Wildman–Crippen LogP) is 10.4. The lowest BCUT2D eigenvalue weighted by Crippen LogP contribution is -2.00. The number of thiophene rings is 1. The van der Waals surface area contributed by atoms with Crippen LogP contribution >= 0.6 is 11.3 Å². The number of aromatic nitrogens is 3. The van der Waals surface area contributed by atoms with Gasteiger partial charge in [0.05, 0.1) is 0 Å². The van der Waals surface area contributed by atoms with Gasteiger partial charge < -0.3 is 0 Å². The molecule has 4 heteroatoms. The van der Waals surface area contributed by atoms with Gasteiger partial charge in [0.15, 0.2) is 17.5 Å². The molecule has 0 N–H and O–H groups in total. The molecule has 2 heterocycles. The highest BCUT2D eigenvalue weighted by atomic mass is 32.1. The van der Waals surface area contributed by atoms with Crippen LogP contribution in [-0.2, 0) is 6.42 Å². The Bertz CT molecular complexity index is 2030. The lowest BCUT2D eigenvalue weighted by Gasteiger charge is -2.11.